The van der Waals surface area contributed by atoms with Crippen LogP contribution in [0.3, 0.4) is 0 Å². The SMILES string of the molecule is CCCCCCc1ccc(C#Cc2ccc3c(F)c(F)ccc3c2)cc1. The van der Waals surface area contributed by atoms with Gasteiger partial charge in [0.25, 0.3) is 0 Å². The topological polar surface area (TPSA) is 0 Å². The second-order valence-corrected chi connectivity index (χ2v) is 6.55. The Balaban J connectivity index is 1.71. The molecule has 132 valence electrons. The van der Waals surface area contributed by atoms with E-state index in [0.29, 0.717) is 5.39 Å². The van der Waals surface area contributed by atoms with Crippen LogP contribution in [0, 0.1) is 23.5 Å². The molecule has 0 saturated heterocycles. The zero-order valence-electron chi connectivity index (χ0n) is 15.0. The second-order valence-electron chi connectivity index (χ2n) is 6.55. The minimum absolute atomic E-state index is 0.281. The first-order valence-corrected chi connectivity index (χ1v) is 9.16. The van der Waals surface area contributed by atoms with E-state index in [-0.39, 0.29) is 5.39 Å². The van der Waals surface area contributed by atoms with E-state index in [1.165, 1.54) is 31.2 Å². The number of benzene rings is 3. The molecule has 0 aliphatic carbocycles. The fraction of sp³-hybridized carbons (Fsp3) is 0.250. The monoisotopic (exact) mass is 348 g/mol. The van der Waals surface area contributed by atoms with Gasteiger partial charge in [-0.25, -0.2) is 8.78 Å². The number of fused-ring (bicyclic) bond motifs is 1. The molecule has 2 heteroatoms. The van der Waals surface area contributed by atoms with Crippen LogP contribution in [-0.2, 0) is 6.42 Å². The smallest absolute Gasteiger partial charge is 0.166 e. The minimum Gasteiger partial charge on any atom is -0.204 e. The number of halogens is 2. The van der Waals surface area contributed by atoms with E-state index >= 15 is 0 Å². The highest BCUT2D eigenvalue weighted by Crippen LogP contribution is 2.21. The van der Waals surface area contributed by atoms with Crippen LogP contribution < -0.4 is 0 Å². The van der Waals surface area contributed by atoms with Crippen molar-refractivity contribution in [3.05, 3.63) is 82.9 Å². The van der Waals surface area contributed by atoms with E-state index in [1.807, 2.05) is 12.1 Å². The highest BCUT2D eigenvalue weighted by Gasteiger charge is 2.06. The van der Waals surface area contributed by atoms with Gasteiger partial charge in [0.15, 0.2) is 11.6 Å². The molecule has 0 fully saturated rings. The third-order valence-corrected chi connectivity index (χ3v) is 4.53. The van der Waals surface area contributed by atoms with Gasteiger partial charge in [-0.15, -0.1) is 0 Å². The molecule has 3 aromatic carbocycles. The maximum atomic E-state index is 13.7. The van der Waals surface area contributed by atoms with Crippen LogP contribution in [0.4, 0.5) is 8.78 Å². The largest absolute Gasteiger partial charge is 0.204 e. The lowest BCUT2D eigenvalue weighted by molar-refractivity contribution is 0.517. The van der Waals surface area contributed by atoms with Gasteiger partial charge in [0.1, 0.15) is 0 Å². The molecule has 3 rings (SSSR count). The Bertz CT molecular complexity index is 944. The van der Waals surface area contributed by atoms with Crippen molar-refractivity contribution in [2.45, 2.75) is 39.0 Å². The zero-order valence-corrected chi connectivity index (χ0v) is 15.0. The zero-order chi connectivity index (χ0) is 18.4. The van der Waals surface area contributed by atoms with Crippen LogP contribution in [0.25, 0.3) is 10.8 Å². The van der Waals surface area contributed by atoms with Crippen LogP contribution >= 0.6 is 0 Å². The predicted molar refractivity (Wildman–Crippen MR) is 104 cm³/mol. The molecule has 0 heterocycles. The van der Waals surface area contributed by atoms with Gasteiger partial charge in [0.05, 0.1) is 0 Å². The van der Waals surface area contributed by atoms with Crippen molar-refractivity contribution in [3.8, 4) is 11.8 Å². The lowest BCUT2D eigenvalue weighted by Crippen LogP contribution is -1.87. The number of rotatable bonds is 5. The molecule has 0 unspecified atom stereocenters. The van der Waals surface area contributed by atoms with E-state index in [2.05, 4.69) is 30.9 Å². The summed E-state index contributed by atoms with van der Waals surface area (Å²) in [6.07, 6.45) is 6.18. The van der Waals surface area contributed by atoms with Crippen molar-refractivity contribution in [2.24, 2.45) is 0 Å². The maximum Gasteiger partial charge on any atom is 0.166 e. The standard InChI is InChI=1S/C24H22F2/c1-2-3-4-5-6-18-7-9-19(10-8-18)11-12-20-13-15-22-21(17-20)14-16-23(25)24(22)26/h7-10,13-17H,2-6H2,1H3. The summed E-state index contributed by atoms with van der Waals surface area (Å²) in [5.41, 5.74) is 3.08. The average Bonchev–Trinajstić information content (AvgIpc) is 2.67. The summed E-state index contributed by atoms with van der Waals surface area (Å²) >= 11 is 0. The minimum atomic E-state index is -0.828. The van der Waals surface area contributed by atoms with Crippen LogP contribution in [0.2, 0.25) is 0 Å². The van der Waals surface area contributed by atoms with Crippen molar-refractivity contribution in [3.63, 3.8) is 0 Å². The summed E-state index contributed by atoms with van der Waals surface area (Å²) < 4.78 is 27.0. The molecule has 26 heavy (non-hydrogen) atoms. The Labute approximate surface area is 153 Å². The van der Waals surface area contributed by atoms with Crippen LogP contribution in [0.15, 0.2) is 54.6 Å². The molecular formula is C24H22F2. The van der Waals surface area contributed by atoms with E-state index in [4.69, 9.17) is 0 Å². The van der Waals surface area contributed by atoms with Gasteiger partial charge in [-0.2, -0.15) is 0 Å². The molecular weight excluding hydrogens is 326 g/mol. The van der Waals surface area contributed by atoms with E-state index < -0.39 is 11.6 Å². The number of hydrogen-bond donors (Lipinski definition) is 0. The number of hydrogen-bond acceptors (Lipinski definition) is 0. The Morgan fingerprint density at radius 1 is 0.769 bits per heavy atom. The first kappa shape index (κ1) is 18.1. The van der Waals surface area contributed by atoms with Gasteiger partial charge in [0, 0.05) is 16.5 Å². The van der Waals surface area contributed by atoms with Crippen LogP contribution in [-0.4, -0.2) is 0 Å². The lowest BCUT2D eigenvalue weighted by Gasteiger charge is -2.02. The molecule has 0 N–H and O–H groups in total. The molecule has 3 aromatic rings. The Morgan fingerprint density at radius 3 is 2.27 bits per heavy atom. The first-order chi connectivity index (χ1) is 12.7. The van der Waals surface area contributed by atoms with Crippen molar-refractivity contribution < 1.29 is 8.78 Å². The summed E-state index contributed by atoms with van der Waals surface area (Å²) in [5.74, 6) is 4.60. The number of unbranched alkanes of at least 4 members (excludes halogenated alkanes) is 3. The molecule has 0 radical (unpaired) electrons. The number of aryl methyl sites for hydroxylation is 1. The summed E-state index contributed by atoms with van der Waals surface area (Å²) in [6, 6.07) is 16.2. The highest BCUT2D eigenvalue weighted by molar-refractivity contribution is 5.84. The van der Waals surface area contributed by atoms with Gasteiger partial charge >= 0.3 is 0 Å². The summed E-state index contributed by atoms with van der Waals surface area (Å²) in [5, 5.41) is 0.932. The molecule has 0 bridgehead atoms. The van der Waals surface area contributed by atoms with Gasteiger partial charge in [-0.05, 0) is 54.1 Å². The normalized spacial score (nSPS) is 10.6. The van der Waals surface area contributed by atoms with Gasteiger partial charge in [0.2, 0.25) is 0 Å². The van der Waals surface area contributed by atoms with E-state index in [1.54, 1.807) is 24.3 Å². The maximum absolute atomic E-state index is 13.7. The Kier molecular flexibility index (Phi) is 6.02. The molecule has 0 atom stereocenters. The van der Waals surface area contributed by atoms with E-state index in [9.17, 15) is 8.78 Å². The predicted octanol–water partition coefficient (Wildman–Crippen LogP) is 6.64. The summed E-state index contributed by atoms with van der Waals surface area (Å²) in [7, 11) is 0. The molecule has 0 amide bonds. The molecule has 0 aromatic heterocycles. The van der Waals surface area contributed by atoms with Gasteiger partial charge in [-0.3, -0.25) is 0 Å². The molecule has 0 aliphatic heterocycles. The first-order valence-electron chi connectivity index (χ1n) is 9.16. The summed E-state index contributed by atoms with van der Waals surface area (Å²) in [6.45, 7) is 2.22. The third kappa shape index (κ3) is 4.49. The molecule has 0 nitrogen and oxygen atoms in total. The highest BCUT2D eigenvalue weighted by atomic mass is 19.2. The van der Waals surface area contributed by atoms with Crippen molar-refractivity contribution in [1.29, 1.82) is 0 Å². The van der Waals surface area contributed by atoms with Crippen molar-refractivity contribution in [1.82, 2.24) is 0 Å². The van der Waals surface area contributed by atoms with Crippen molar-refractivity contribution >= 4 is 10.8 Å². The van der Waals surface area contributed by atoms with E-state index in [0.717, 1.165) is 23.6 Å². The van der Waals surface area contributed by atoms with Gasteiger partial charge in [-0.1, -0.05) is 62.3 Å². The fourth-order valence-electron chi connectivity index (χ4n) is 3.00. The Hall–Kier alpha value is -2.66. The summed E-state index contributed by atoms with van der Waals surface area (Å²) in [4.78, 5) is 0. The third-order valence-electron chi connectivity index (χ3n) is 4.53. The average molecular weight is 348 g/mol. The van der Waals surface area contributed by atoms with Crippen LogP contribution in [0.5, 0.6) is 0 Å². The second kappa shape index (κ2) is 8.63. The van der Waals surface area contributed by atoms with Gasteiger partial charge < -0.3 is 0 Å². The Morgan fingerprint density at radius 2 is 1.50 bits per heavy atom. The fourth-order valence-corrected chi connectivity index (χ4v) is 3.00. The quantitative estimate of drug-likeness (QED) is 0.358. The molecule has 0 spiro atoms. The van der Waals surface area contributed by atoms with Crippen LogP contribution in [0.1, 0.15) is 49.3 Å². The molecule has 0 aliphatic rings. The molecule has 0 saturated carbocycles. The van der Waals surface area contributed by atoms with Crippen molar-refractivity contribution in [2.75, 3.05) is 0 Å². The lowest BCUT2D eigenvalue weighted by atomic mass is 10.0.